The van der Waals surface area contributed by atoms with Gasteiger partial charge >= 0.3 is 11.8 Å². The molecule has 0 fully saturated rings. The van der Waals surface area contributed by atoms with Crippen LogP contribution in [-0.2, 0) is 9.59 Å². The number of anilines is 1. The van der Waals surface area contributed by atoms with Crippen molar-refractivity contribution in [2.45, 2.75) is 13.8 Å². The first kappa shape index (κ1) is 18.9. The fourth-order valence-corrected chi connectivity index (χ4v) is 2.07. The van der Waals surface area contributed by atoms with E-state index in [0.717, 1.165) is 16.7 Å². The van der Waals surface area contributed by atoms with E-state index in [-0.39, 0.29) is 0 Å². The van der Waals surface area contributed by atoms with Crippen molar-refractivity contribution in [2.75, 3.05) is 11.9 Å². The SMILES string of the molecule is C=CCOc1ccc(/C=N\NC(=O)C(=O)Nc2cc(C)ccc2C)cc1. The maximum absolute atomic E-state index is 11.9. The summed E-state index contributed by atoms with van der Waals surface area (Å²) in [6.45, 7) is 7.77. The van der Waals surface area contributed by atoms with E-state index < -0.39 is 11.8 Å². The van der Waals surface area contributed by atoms with E-state index in [1.165, 1.54) is 6.21 Å². The highest BCUT2D eigenvalue weighted by molar-refractivity contribution is 6.39. The second-order valence-electron chi connectivity index (χ2n) is 5.64. The lowest BCUT2D eigenvalue weighted by Crippen LogP contribution is -2.32. The van der Waals surface area contributed by atoms with Crippen LogP contribution in [0.15, 0.2) is 60.2 Å². The van der Waals surface area contributed by atoms with Crippen molar-refractivity contribution in [1.29, 1.82) is 0 Å². The Bertz CT molecular complexity index is 827. The van der Waals surface area contributed by atoms with E-state index in [0.29, 0.717) is 18.0 Å². The van der Waals surface area contributed by atoms with Crippen molar-refractivity contribution in [1.82, 2.24) is 5.43 Å². The molecule has 2 rings (SSSR count). The summed E-state index contributed by atoms with van der Waals surface area (Å²) in [6.07, 6.45) is 3.11. The first-order chi connectivity index (χ1) is 12.5. The van der Waals surface area contributed by atoms with Crippen LogP contribution in [0, 0.1) is 13.8 Å². The molecular weight excluding hydrogens is 330 g/mol. The molecule has 0 atom stereocenters. The molecule has 2 aromatic rings. The lowest BCUT2D eigenvalue weighted by atomic mass is 10.1. The smallest absolute Gasteiger partial charge is 0.329 e. The van der Waals surface area contributed by atoms with E-state index in [4.69, 9.17) is 4.74 Å². The minimum Gasteiger partial charge on any atom is -0.490 e. The predicted molar refractivity (Wildman–Crippen MR) is 102 cm³/mol. The zero-order valence-electron chi connectivity index (χ0n) is 14.8. The second-order valence-corrected chi connectivity index (χ2v) is 5.64. The average molecular weight is 351 g/mol. The maximum Gasteiger partial charge on any atom is 0.329 e. The molecule has 0 saturated heterocycles. The normalized spacial score (nSPS) is 10.4. The molecule has 2 N–H and O–H groups in total. The number of nitrogens with one attached hydrogen (secondary N) is 2. The molecule has 0 aliphatic carbocycles. The molecule has 0 aromatic heterocycles. The minimum atomic E-state index is -0.840. The Balaban J connectivity index is 1.88. The fourth-order valence-electron chi connectivity index (χ4n) is 2.07. The summed E-state index contributed by atoms with van der Waals surface area (Å²) in [5.74, 6) is -0.906. The Hall–Kier alpha value is -3.41. The Labute approximate surface area is 152 Å². The number of carbonyl (C=O) groups excluding carboxylic acids is 2. The minimum absolute atomic E-state index is 0.430. The molecule has 0 bridgehead atoms. The highest BCUT2D eigenvalue weighted by Gasteiger charge is 2.13. The zero-order chi connectivity index (χ0) is 18.9. The number of amides is 2. The highest BCUT2D eigenvalue weighted by atomic mass is 16.5. The van der Waals surface area contributed by atoms with Crippen LogP contribution < -0.4 is 15.5 Å². The summed E-state index contributed by atoms with van der Waals surface area (Å²) < 4.78 is 5.37. The van der Waals surface area contributed by atoms with Crippen LogP contribution in [0.5, 0.6) is 5.75 Å². The molecule has 0 spiro atoms. The molecule has 2 amide bonds. The number of nitrogens with zero attached hydrogens (tertiary/aromatic N) is 1. The molecule has 134 valence electrons. The number of hydrogen-bond acceptors (Lipinski definition) is 4. The molecule has 0 radical (unpaired) electrons. The first-order valence-electron chi connectivity index (χ1n) is 8.05. The van der Waals surface area contributed by atoms with Gasteiger partial charge in [0, 0.05) is 5.69 Å². The summed E-state index contributed by atoms with van der Waals surface area (Å²) in [6, 6.07) is 12.7. The van der Waals surface area contributed by atoms with Crippen LogP contribution in [0.1, 0.15) is 16.7 Å². The van der Waals surface area contributed by atoms with E-state index in [2.05, 4.69) is 22.4 Å². The van der Waals surface area contributed by atoms with Crippen LogP contribution in [0.4, 0.5) is 5.69 Å². The maximum atomic E-state index is 11.9. The Morgan fingerprint density at radius 1 is 1.12 bits per heavy atom. The third-order valence-corrected chi connectivity index (χ3v) is 3.48. The van der Waals surface area contributed by atoms with Crippen molar-refractivity contribution in [3.05, 3.63) is 71.8 Å². The monoisotopic (exact) mass is 351 g/mol. The molecule has 0 saturated carbocycles. The summed E-state index contributed by atoms with van der Waals surface area (Å²) in [5, 5.41) is 6.37. The lowest BCUT2D eigenvalue weighted by Gasteiger charge is -2.08. The van der Waals surface area contributed by atoms with Crippen LogP contribution in [0.2, 0.25) is 0 Å². The van der Waals surface area contributed by atoms with E-state index in [1.807, 2.05) is 26.0 Å². The van der Waals surface area contributed by atoms with Crippen LogP contribution in [0.3, 0.4) is 0 Å². The summed E-state index contributed by atoms with van der Waals surface area (Å²) in [5.41, 5.74) is 5.43. The van der Waals surface area contributed by atoms with Gasteiger partial charge in [0.2, 0.25) is 0 Å². The number of hydrogen-bond donors (Lipinski definition) is 2. The third-order valence-electron chi connectivity index (χ3n) is 3.48. The number of hydrazone groups is 1. The zero-order valence-corrected chi connectivity index (χ0v) is 14.8. The van der Waals surface area contributed by atoms with Gasteiger partial charge in [-0.1, -0.05) is 24.8 Å². The van der Waals surface area contributed by atoms with Gasteiger partial charge in [0.1, 0.15) is 12.4 Å². The highest BCUT2D eigenvalue weighted by Crippen LogP contribution is 2.16. The third kappa shape index (κ3) is 5.59. The van der Waals surface area contributed by atoms with Gasteiger partial charge in [-0.2, -0.15) is 5.10 Å². The summed E-state index contributed by atoms with van der Waals surface area (Å²) >= 11 is 0. The number of ether oxygens (including phenoxy) is 1. The quantitative estimate of drug-likeness (QED) is 0.363. The second kappa shape index (κ2) is 9.17. The predicted octanol–water partition coefficient (Wildman–Crippen LogP) is 2.96. The van der Waals surface area contributed by atoms with Gasteiger partial charge in [-0.25, -0.2) is 5.43 Å². The van der Waals surface area contributed by atoms with E-state index in [9.17, 15) is 9.59 Å². The van der Waals surface area contributed by atoms with Gasteiger partial charge in [-0.3, -0.25) is 9.59 Å². The van der Waals surface area contributed by atoms with Crippen molar-refractivity contribution in [3.8, 4) is 5.75 Å². The molecule has 0 aliphatic rings. The number of carbonyl (C=O) groups is 2. The Kier molecular flexibility index (Phi) is 6.68. The fraction of sp³-hybridized carbons (Fsp3) is 0.150. The standard InChI is InChI=1S/C20H21N3O3/c1-4-11-26-17-9-7-16(8-10-17)13-21-23-20(25)19(24)22-18-12-14(2)5-6-15(18)3/h4-10,12-13H,1,11H2,2-3H3,(H,22,24)(H,23,25)/b21-13-. The van der Waals surface area contributed by atoms with Gasteiger partial charge in [0.25, 0.3) is 0 Å². The largest absolute Gasteiger partial charge is 0.490 e. The van der Waals surface area contributed by atoms with Gasteiger partial charge in [0.15, 0.2) is 0 Å². The van der Waals surface area contributed by atoms with Crippen LogP contribution in [-0.4, -0.2) is 24.6 Å². The van der Waals surface area contributed by atoms with Gasteiger partial charge < -0.3 is 10.1 Å². The molecule has 6 nitrogen and oxygen atoms in total. The van der Waals surface area contributed by atoms with Crippen LogP contribution >= 0.6 is 0 Å². The van der Waals surface area contributed by atoms with Crippen molar-refractivity contribution < 1.29 is 14.3 Å². The van der Waals surface area contributed by atoms with Crippen molar-refractivity contribution >= 4 is 23.7 Å². The van der Waals surface area contributed by atoms with Gasteiger partial charge in [-0.15, -0.1) is 0 Å². The lowest BCUT2D eigenvalue weighted by molar-refractivity contribution is -0.136. The van der Waals surface area contributed by atoms with Crippen LogP contribution in [0.25, 0.3) is 0 Å². The van der Waals surface area contributed by atoms with Crippen molar-refractivity contribution in [3.63, 3.8) is 0 Å². The number of aryl methyl sites for hydroxylation is 2. The molecule has 2 aromatic carbocycles. The molecule has 26 heavy (non-hydrogen) atoms. The topological polar surface area (TPSA) is 79.8 Å². The Morgan fingerprint density at radius 2 is 1.85 bits per heavy atom. The Morgan fingerprint density at radius 3 is 2.54 bits per heavy atom. The van der Waals surface area contributed by atoms with Crippen molar-refractivity contribution in [2.24, 2.45) is 5.10 Å². The van der Waals surface area contributed by atoms with Gasteiger partial charge in [-0.05, 0) is 60.9 Å². The number of rotatable bonds is 6. The van der Waals surface area contributed by atoms with E-state index in [1.54, 1.807) is 36.4 Å². The molecule has 0 aliphatic heterocycles. The summed E-state index contributed by atoms with van der Waals surface area (Å²) in [7, 11) is 0. The molecule has 0 heterocycles. The molecule has 0 unspecified atom stereocenters. The van der Waals surface area contributed by atoms with Gasteiger partial charge in [0.05, 0.1) is 6.21 Å². The molecule has 6 heteroatoms. The number of benzene rings is 2. The average Bonchev–Trinajstić information content (AvgIpc) is 2.64. The summed E-state index contributed by atoms with van der Waals surface area (Å²) in [4.78, 5) is 23.8. The van der Waals surface area contributed by atoms with E-state index >= 15 is 0 Å². The molecular formula is C20H21N3O3. The first-order valence-corrected chi connectivity index (χ1v) is 8.05.